The molecular weight excluding hydrogens is 228 g/mol. The number of aromatic nitrogens is 5. The summed E-state index contributed by atoms with van der Waals surface area (Å²) < 4.78 is 1.71. The standard InChI is InChI=1S/C12H10N6/c1-8(18-7-14-6-15-18)12-16-10-4-2-3-9(5-13)11(10)17-12/h2-4,6-8H,1H3,(H,16,17). The smallest absolute Gasteiger partial charge is 0.137 e. The van der Waals surface area contributed by atoms with E-state index in [-0.39, 0.29) is 6.04 Å². The molecule has 0 aliphatic carbocycles. The van der Waals surface area contributed by atoms with Gasteiger partial charge in [0, 0.05) is 0 Å². The highest BCUT2D eigenvalue weighted by Gasteiger charge is 2.14. The molecule has 3 aromatic rings. The molecule has 1 N–H and O–H groups in total. The number of imidazole rings is 1. The van der Waals surface area contributed by atoms with Crippen LogP contribution in [0.25, 0.3) is 11.0 Å². The number of hydrogen-bond acceptors (Lipinski definition) is 4. The van der Waals surface area contributed by atoms with Gasteiger partial charge in [-0.3, -0.25) is 0 Å². The van der Waals surface area contributed by atoms with Gasteiger partial charge in [0.25, 0.3) is 0 Å². The Morgan fingerprint density at radius 2 is 2.33 bits per heavy atom. The van der Waals surface area contributed by atoms with Gasteiger partial charge in [0.15, 0.2) is 0 Å². The van der Waals surface area contributed by atoms with Crippen LogP contribution in [0, 0.1) is 11.3 Å². The van der Waals surface area contributed by atoms with Crippen LogP contribution in [0.4, 0.5) is 0 Å². The van der Waals surface area contributed by atoms with Gasteiger partial charge in [-0.2, -0.15) is 10.4 Å². The lowest BCUT2D eigenvalue weighted by Gasteiger charge is -2.06. The highest BCUT2D eigenvalue weighted by molar-refractivity contribution is 5.81. The number of para-hydroxylation sites is 1. The Morgan fingerprint density at radius 1 is 1.44 bits per heavy atom. The van der Waals surface area contributed by atoms with Gasteiger partial charge in [-0.15, -0.1) is 0 Å². The Morgan fingerprint density at radius 3 is 3.06 bits per heavy atom. The van der Waals surface area contributed by atoms with E-state index in [0.717, 1.165) is 11.3 Å². The summed E-state index contributed by atoms with van der Waals surface area (Å²) in [6, 6.07) is 7.59. The number of rotatable bonds is 2. The summed E-state index contributed by atoms with van der Waals surface area (Å²) in [6.07, 6.45) is 3.13. The molecule has 0 fully saturated rings. The Bertz CT molecular complexity index is 719. The van der Waals surface area contributed by atoms with Crippen LogP contribution in [-0.2, 0) is 0 Å². The second-order valence-electron chi connectivity index (χ2n) is 3.99. The Labute approximate surface area is 103 Å². The van der Waals surface area contributed by atoms with Crippen molar-refractivity contribution >= 4 is 11.0 Å². The van der Waals surface area contributed by atoms with E-state index < -0.39 is 0 Å². The van der Waals surface area contributed by atoms with Crippen LogP contribution in [0.1, 0.15) is 24.4 Å². The normalized spacial score (nSPS) is 12.4. The maximum absolute atomic E-state index is 9.04. The Kier molecular flexibility index (Phi) is 2.31. The lowest BCUT2D eigenvalue weighted by Crippen LogP contribution is -2.08. The zero-order chi connectivity index (χ0) is 12.5. The van der Waals surface area contributed by atoms with Crippen LogP contribution in [0.2, 0.25) is 0 Å². The van der Waals surface area contributed by atoms with Crippen LogP contribution in [0.15, 0.2) is 30.9 Å². The first-order chi connectivity index (χ1) is 8.79. The molecule has 0 bridgehead atoms. The lowest BCUT2D eigenvalue weighted by molar-refractivity contribution is 0.541. The minimum absolute atomic E-state index is 0.0496. The molecule has 0 spiro atoms. The number of hydrogen-bond donors (Lipinski definition) is 1. The molecule has 0 aliphatic heterocycles. The molecule has 1 unspecified atom stereocenters. The maximum Gasteiger partial charge on any atom is 0.137 e. The van der Waals surface area contributed by atoms with Gasteiger partial charge < -0.3 is 4.98 Å². The topological polar surface area (TPSA) is 83.2 Å². The van der Waals surface area contributed by atoms with Gasteiger partial charge in [-0.1, -0.05) is 6.07 Å². The second kappa shape index (κ2) is 3.96. The summed E-state index contributed by atoms with van der Waals surface area (Å²) in [5, 5.41) is 13.1. The van der Waals surface area contributed by atoms with Crippen LogP contribution >= 0.6 is 0 Å². The highest BCUT2D eigenvalue weighted by Crippen LogP contribution is 2.20. The Balaban J connectivity index is 2.12. The first kappa shape index (κ1) is 10.5. The predicted octanol–water partition coefficient (Wildman–Crippen LogP) is 1.64. The third-order valence-electron chi connectivity index (χ3n) is 2.88. The molecule has 2 heterocycles. The fraction of sp³-hybridized carbons (Fsp3) is 0.167. The minimum atomic E-state index is -0.0496. The molecule has 88 valence electrons. The average Bonchev–Trinajstić information content (AvgIpc) is 3.05. The average molecular weight is 238 g/mol. The molecule has 18 heavy (non-hydrogen) atoms. The number of H-pyrrole nitrogens is 1. The van der Waals surface area contributed by atoms with E-state index in [1.54, 1.807) is 17.1 Å². The first-order valence-electron chi connectivity index (χ1n) is 5.52. The lowest BCUT2D eigenvalue weighted by atomic mass is 10.2. The molecule has 0 amide bonds. The summed E-state index contributed by atoms with van der Waals surface area (Å²) in [5.74, 6) is 0.762. The third-order valence-corrected chi connectivity index (χ3v) is 2.88. The summed E-state index contributed by atoms with van der Waals surface area (Å²) in [5.41, 5.74) is 2.12. The number of aromatic amines is 1. The molecule has 1 aromatic carbocycles. The zero-order valence-corrected chi connectivity index (χ0v) is 9.70. The molecule has 1 atom stereocenters. The fourth-order valence-corrected chi connectivity index (χ4v) is 1.88. The summed E-state index contributed by atoms with van der Waals surface area (Å²) in [4.78, 5) is 11.6. The van der Waals surface area contributed by atoms with Crippen molar-refractivity contribution in [2.24, 2.45) is 0 Å². The summed E-state index contributed by atoms with van der Waals surface area (Å²) >= 11 is 0. The van der Waals surface area contributed by atoms with Crippen LogP contribution < -0.4 is 0 Å². The predicted molar refractivity (Wildman–Crippen MR) is 64.6 cm³/mol. The van der Waals surface area contributed by atoms with Crippen molar-refractivity contribution in [1.82, 2.24) is 24.7 Å². The zero-order valence-electron chi connectivity index (χ0n) is 9.70. The first-order valence-corrected chi connectivity index (χ1v) is 5.52. The molecule has 6 heteroatoms. The van der Waals surface area contributed by atoms with E-state index >= 15 is 0 Å². The van der Waals surface area contributed by atoms with E-state index in [2.05, 4.69) is 26.1 Å². The van der Waals surface area contributed by atoms with Crippen molar-refractivity contribution in [3.05, 3.63) is 42.2 Å². The van der Waals surface area contributed by atoms with Crippen LogP contribution in [0.5, 0.6) is 0 Å². The number of nitriles is 1. The summed E-state index contributed by atoms with van der Waals surface area (Å²) in [7, 11) is 0. The van der Waals surface area contributed by atoms with E-state index in [4.69, 9.17) is 5.26 Å². The Hall–Kier alpha value is -2.68. The number of fused-ring (bicyclic) bond motifs is 1. The van der Waals surface area contributed by atoms with Crippen molar-refractivity contribution in [3.63, 3.8) is 0 Å². The van der Waals surface area contributed by atoms with E-state index in [1.165, 1.54) is 6.33 Å². The van der Waals surface area contributed by atoms with Crippen molar-refractivity contribution in [3.8, 4) is 6.07 Å². The molecule has 2 aromatic heterocycles. The third kappa shape index (κ3) is 1.53. The minimum Gasteiger partial charge on any atom is -0.340 e. The van der Waals surface area contributed by atoms with Crippen molar-refractivity contribution < 1.29 is 0 Å². The molecule has 0 aliphatic rings. The molecule has 3 rings (SSSR count). The molecule has 0 saturated heterocycles. The van der Waals surface area contributed by atoms with Gasteiger partial charge in [-0.25, -0.2) is 14.6 Å². The van der Waals surface area contributed by atoms with Crippen molar-refractivity contribution in [2.75, 3.05) is 0 Å². The quantitative estimate of drug-likeness (QED) is 0.735. The van der Waals surface area contributed by atoms with Crippen molar-refractivity contribution in [2.45, 2.75) is 13.0 Å². The van der Waals surface area contributed by atoms with Gasteiger partial charge in [-0.05, 0) is 19.1 Å². The van der Waals surface area contributed by atoms with Crippen LogP contribution in [0.3, 0.4) is 0 Å². The number of nitrogens with one attached hydrogen (secondary N) is 1. The second-order valence-corrected chi connectivity index (χ2v) is 3.99. The largest absolute Gasteiger partial charge is 0.340 e. The van der Waals surface area contributed by atoms with Gasteiger partial charge in [0.2, 0.25) is 0 Å². The van der Waals surface area contributed by atoms with Gasteiger partial charge in [0.1, 0.15) is 36.1 Å². The maximum atomic E-state index is 9.04. The van der Waals surface area contributed by atoms with Gasteiger partial charge in [0.05, 0.1) is 11.1 Å². The summed E-state index contributed by atoms with van der Waals surface area (Å²) in [6.45, 7) is 1.97. The molecule has 6 nitrogen and oxygen atoms in total. The number of benzene rings is 1. The van der Waals surface area contributed by atoms with E-state index in [1.807, 2.05) is 19.1 Å². The SMILES string of the molecule is CC(c1nc2c(C#N)cccc2[nH]1)n1cncn1. The molecule has 0 saturated carbocycles. The highest BCUT2D eigenvalue weighted by atomic mass is 15.3. The van der Waals surface area contributed by atoms with E-state index in [0.29, 0.717) is 11.1 Å². The monoisotopic (exact) mass is 238 g/mol. The molecule has 0 radical (unpaired) electrons. The van der Waals surface area contributed by atoms with Crippen molar-refractivity contribution in [1.29, 1.82) is 5.26 Å². The fourth-order valence-electron chi connectivity index (χ4n) is 1.88. The number of nitrogens with zero attached hydrogens (tertiary/aromatic N) is 5. The van der Waals surface area contributed by atoms with Crippen LogP contribution in [-0.4, -0.2) is 24.7 Å². The van der Waals surface area contributed by atoms with E-state index in [9.17, 15) is 0 Å². The van der Waals surface area contributed by atoms with Gasteiger partial charge >= 0.3 is 0 Å². The molecular formula is C12H10N6.